The largest absolute Gasteiger partial charge is 0.370 e. The van der Waals surface area contributed by atoms with Gasteiger partial charge in [0.1, 0.15) is 0 Å². The van der Waals surface area contributed by atoms with Crippen LogP contribution in [0.1, 0.15) is 24.6 Å². The third kappa shape index (κ3) is 3.38. The van der Waals surface area contributed by atoms with Gasteiger partial charge in [0.15, 0.2) is 5.96 Å². The predicted molar refractivity (Wildman–Crippen MR) is 62.9 cm³/mol. The zero-order valence-corrected chi connectivity index (χ0v) is 9.47. The van der Waals surface area contributed by atoms with E-state index in [1.165, 1.54) is 4.88 Å². The van der Waals surface area contributed by atoms with Gasteiger partial charge in [-0.05, 0) is 18.4 Å². The monoisotopic (exact) mass is 211 g/mol. The van der Waals surface area contributed by atoms with Crippen LogP contribution in [0.4, 0.5) is 0 Å². The molecule has 0 radical (unpaired) electrons. The van der Waals surface area contributed by atoms with E-state index in [-0.39, 0.29) is 0 Å². The zero-order valence-electron chi connectivity index (χ0n) is 8.66. The van der Waals surface area contributed by atoms with E-state index >= 15 is 0 Å². The lowest BCUT2D eigenvalue weighted by Gasteiger charge is -2.06. The number of rotatable bonds is 4. The van der Waals surface area contributed by atoms with Crippen LogP contribution in [0.2, 0.25) is 0 Å². The van der Waals surface area contributed by atoms with Crippen LogP contribution in [0.15, 0.2) is 22.5 Å². The van der Waals surface area contributed by atoms with E-state index in [4.69, 9.17) is 5.73 Å². The predicted octanol–water partition coefficient (Wildman–Crippen LogP) is 1.78. The molecule has 3 nitrogen and oxygen atoms in total. The first kappa shape index (κ1) is 11.0. The summed E-state index contributed by atoms with van der Waals surface area (Å²) in [5.41, 5.74) is 5.63. The Bertz CT molecular complexity index is 280. The Hall–Kier alpha value is -1.03. The summed E-state index contributed by atoms with van der Waals surface area (Å²) in [6.45, 7) is 5.74. The lowest BCUT2D eigenvalue weighted by molar-refractivity contribution is 0.781. The molecule has 0 aliphatic heterocycles. The summed E-state index contributed by atoms with van der Waals surface area (Å²) in [6, 6.07) is 4.20. The maximum atomic E-state index is 5.63. The molecule has 14 heavy (non-hydrogen) atoms. The third-order valence-corrected chi connectivity index (χ3v) is 3.03. The van der Waals surface area contributed by atoms with Gasteiger partial charge in [-0.2, -0.15) is 0 Å². The van der Waals surface area contributed by atoms with Crippen molar-refractivity contribution in [1.29, 1.82) is 0 Å². The fourth-order valence-corrected chi connectivity index (χ4v) is 1.91. The second-order valence-electron chi connectivity index (χ2n) is 3.17. The standard InChI is InChI=1S/C10H17N3S/c1-3-12-10(11)13-7-8(2)9-5-4-6-14-9/h4-6,8H,3,7H2,1-2H3,(H3,11,12,13). The van der Waals surface area contributed by atoms with E-state index in [1.807, 2.05) is 6.92 Å². The maximum Gasteiger partial charge on any atom is 0.188 e. The van der Waals surface area contributed by atoms with Crippen molar-refractivity contribution in [1.82, 2.24) is 5.32 Å². The molecule has 0 aromatic carbocycles. The molecular weight excluding hydrogens is 194 g/mol. The minimum absolute atomic E-state index is 0.451. The van der Waals surface area contributed by atoms with Crippen molar-refractivity contribution >= 4 is 17.3 Å². The van der Waals surface area contributed by atoms with Gasteiger partial charge >= 0.3 is 0 Å². The van der Waals surface area contributed by atoms with Crippen LogP contribution in [0.5, 0.6) is 0 Å². The third-order valence-electron chi connectivity index (χ3n) is 1.92. The summed E-state index contributed by atoms with van der Waals surface area (Å²) < 4.78 is 0. The van der Waals surface area contributed by atoms with Crippen LogP contribution < -0.4 is 11.1 Å². The van der Waals surface area contributed by atoms with E-state index < -0.39 is 0 Å². The maximum absolute atomic E-state index is 5.63. The van der Waals surface area contributed by atoms with Crippen molar-refractivity contribution in [3.63, 3.8) is 0 Å². The zero-order chi connectivity index (χ0) is 10.4. The summed E-state index contributed by atoms with van der Waals surface area (Å²) in [4.78, 5) is 5.62. The Morgan fingerprint density at radius 3 is 3.07 bits per heavy atom. The van der Waals surface area contributed by atoms with E-state index in [0.29, 0.717) is 11.9 Å². The van der Waals surface area contributed by atoms with Gasteiger partial charge in [-0.25, -0.2) is 0 Å². The first-order chi connectivity index (χ1) is 6.74. The highest BCUT2D eigenvalue weighted by molar-refractivity contribution is 7.10. The summed E-state index contributed by atoms with van der Waals surface area (Å²) >= 11 is 1.77. The smallest absolute Gasteiger partial charge is 0.188 e. The number of thiophene rings is 1. The van der Waals surface area contributed by atoms with Gasteiger partial charge in [0.2, 0.25) is 0 Å². The Morgan fingerprint density at radius 2 is 2.50 bits per heavy atom. The van der Waals surface area contributed by atoms with Crippen LogP contribution >= 0.6 is 11.3 Å². The van der Waals surface area contributed by atoms with Crippen molar-refractivity contribution in [2.24, 2.45) is 10.7 Å². The van der Waals surface area contributed by atoms with Crippen LogP contribution in [0.3, 0.4) is 0 Å². The molecular formula is C10H17N3S. The molecule has 3 N–H and O–H groups in total. The van der Waals surface area contributed by atoms with Gasteiger partial charge in [-0.3, -0.25) is 4.99 Å². The van der Waals surface area contributed by atoms with Gasteiger partial charge in [-0.15, -0.1) is 11.3 Å². The summed E-state index contributed by atoms with van der Waals surface area (Å²) in [6.07, 6.45) is 0. The number of nitrogens with two attached hydrogens (primary N) is 1. The number of guanidine groups is 1. The number of aliphatic imine (C=N–C) groups is 1. The number of nitrogens with one attached hydrogen (secondary N) is 1. The average molecular weight is 211 g/mol. The molecule has 0 spiro atoms. The van der Waals surface area contributed by atoms with Crippen LogP contribution in [-0.4, -0.2) is 19.0 Å². The van der Waals surface area contributed by atoms with E-state index in [1.54, 1.807) is 11.3 Å². The fourth-order valence-electron chi connectivity index (χ4n) is 1.13. The van der Waals surface area contributed by atoms with Crippen molar-refractivity contribution in [2.45, 2.75) is 19.8 Å². The van der Waals surface area contributed by atoms with E-state index in [9.17, 15) is 0 Å². The molecule has 0 aliphatic rings. The molecule has 0 bridgehead atoms. The SMILES string of the molecule is CCNC(N)=NCC(C)c1cccs1. The average Bonchev–Trinajstić information content (AvgIpc) is 2.67. The molecule has 1 aromatic heterocycles. The van der Waals surface area contributed by atoms with E-state index in [0.717, 1.165) is 13.1 Å². The van der Waals surface area contributed by atoms with Crippen LogP contribution in [0, 0.1) is 0 Å². The normalized spacial score (nSPS) is 14.0. The van der Waals surface area contributed by atoms with Crippen molar-refractivity contribution in [3.8, 4) is 0 Å². The first-order valence-corrected chi connectivity index (χ1v) is 5.69. The molecule has 1 rings (SSSR count). The van der Waals surface area contributed by atoms with Gasteiger partial charge in [0.25, 0.3) is 0 Å². The Kier molecular flexibility index (Phi) is 4.46. The Morgan fingerprint density at radius 1 is 1.71 bits per heavy atom. The number of hydrogen-bond acceptors (Lipinski definition) is 2. The lowest BCUT2D eigenvalue weighted by Crippen LogP contribution is -2.31. The molecule has 1 atom stereocenters. The minimum atomic E-state index is 0.451. The van der Waals surface area contributed by atoms with Crippen molar-refractivity contribution in [3.05, 3.63) is 22.4 Å². The van der Waals surface area contributed by atoms with Crippen molar-refractivity contribution < 1.29 is 0 Å². The number of hydrogen-bond donors (Lipinski definition) is 2. The fraction of sp³-hybridized carbons (Fsp3) is 0.500. The molecule has 0 saturated carbocycles. The van der Waals surface area contributed by atoms with Crippen molar-refractivity contribution in [2.75, 3.05) is 13.1 Å². The first-order valence-electron chi connectivity index (χ1n) is 4.81. The molecule has 78 valence electrons. The molecule has 4 heteroatoms. The summed E-state index contributed by atoms with van der Waals surface area (Å²) in [7, 11) is 0. The molecule has 1 unspecified atom stereocenters. The van der Waals surface area contributed by atoms with Gasteiger partial charge in [0, 0.05) is 17.3 Å². The molecule has 0 aliphatic carbocycles. The summed E-state index contributed by atoms with van der Waals surface area (Å²) in [5, 5.41) is 5.06. The second-order valence-corrected chi connectivity index (χ2v) is 4.15. The Balaban J connectivity index is 2.42. The second kappa shape index (κ2) is 5.65. The highest BCUT2D eigenvalue weighted by Crippen LogP contribution is 2.20. The molecule has 0 saturated heterocycles. The molecule has 1 heterocycles. The molecule has 0 fully saturated rings. The molecule has 1 aromatic rings. The molecule has 0 amide bonds. The van der Waals surface area contributed by atoms with Gasteiger partial charge in [-0.1, -0.05) is 13.0 Å². The lowest BCUT2D eigenvalue weighted by atomic mass is 10.1. The Labute approximate surface area is 89.0 Å². The topological polar surface area (TPSA) is 50.4 Å². The highest BCUT2D eigenvalue weighted by Gasteiger charge is 2.04. The van der Waals surface area contributed by atoms with Crippen LogP contribution in [0.25, 0.3) is 0 Å². The van der Waals surface area contributed by atoms with Gasteiger partial charge < -0.3 is 11.1 Å². The summed E-state index contributed by atoms with van der Waals surface area (Å²) in [5.74, 6) is 0.989. The van der Waals surface area contributed by atoms with E-state index in [2.05, 4.69) is 34.7 Å². The minimum Gasteiger partial charge on any atom is -0.370 e. The van der Waals surface area contributed by atoms with Crippen LogP contribution in [-0.2, 0) is 0 Å². The number of nitrogens with zero attached hydrogens (tertiary/aromatic N) is 1. The quantitative estimate of drug-likeness (QED) is 0.589. The van der Waals surface area contributed by atoms with Gasteiger partial charge in [0.05, 0.1) is 6.54 Å². The highest BCUT2D eigenvalue weighted by atomic mass is 32.1.